The van der Waals surface area contributed by atoms with Crippen LogP contribution >= 0.6 is 0 Å². The maximum absolute atomic E-state index is 5.80. The number of benzene rings is 2. The van der Waals surface area contributed by atoms with Crippen LogP contribution in [0.3, 0.4) is 0 Å². The summed E-state index contributed by atoms with van der Waals surface area (Å²) in [5.74, 6) is 1.24. The predicted molar refractivity (Wildman–Crippen MR) is 85.6 cm³/mol. The van der Waals surface area contributed by atoms with Gasteiger partial charge in [0.2, 0.25) is 0 Å². The van der Waals surface area contributed by atoms with Crippen LogP contribution in [0.4, 0.5) is 0 Å². The van der Waals surface area contributed by atoms with Crippen LogP contribution < -0.4 is 5.73 Å². The Morgan fingerprint density at radius 1 is 1.04 bits per heavy atom. The van der Waals surface area contributed by atoms with Gasteiger partial charge in [-0.2, -0.15) is 0 Å². The molecule has 4 nitrogen and oxygen atoms in total. The number of hydrogen-bond donors (Lipinski definition) is 1. The maximum atomic E-state index is 5.80. The molecule has 1 aliphatic heterocycles. The van der Waals surface area contributed by atoms with Gasteiger partial charge in [-0.3, -0.25) is 0 Å². The molecule has 112 valence electrons. The first-order valence-electron chi connectivity index (χ1n) is 6.96. The number of nitrogens with two attached hydrogens (primary N) is 1. The Bertz CT molecular complexity index is 993. The second-order valence-corrected chi connectivity index (χ2v) is 8.08. The molecular formula is C17H11N3OW2. The molecule has 0 radical (unpaired) electrons. The Morgan fingerprint density at radius 2 is 1.61 bits per heavy atom. The summed E-state index contributed by atoms with van der Waals surface area (Å²) in [4.78, 5) is 5.36. The van der Waals surface area contributed by atoms with Crippen molar-refractivity contribution in [3.63, 3.8) is 0 Å². The molecule has 0 aliphatic carbocycles. The molecule has 2 N–H and O–H groups in total. The molecule has 4 rings (SSSR count). The van der Waals surface area contributed by atoms with Crippen LogP contribution in [0.5, 0.6) is 0 Å². The van der Waals surface area contributed by atoms with Crippen molar-refractivity contribution < 1.29 is 43.5 Å². The molecule has 0 atom stereocenters. The fraction of sp³-hybridized carbons (Fsp3) is 0. The first-order valence-corrected chi connectivity index (χ1v) is 9.89. The summed E-state index contributed by atoms with van der Waals surface area (Å²) in [5.41, 5.74) is 8.21. The first kappa shape index (κ1) is 14.9. The number of oxime groups is 1. The molecule has 0 spiro atoms. The Morgan fingerprint density at radius 3 is 2.13 bits per heavy atom. The molecular weight excluding hydrogens is 630 g/mol. The summed E-state index contributed by atoms with van der Waals surface area (Å²) >= 11 is 2.62. The summed E-state index contributed by atoms with van der Waals surface area (Å²) in [5, 5.41) is 6.37. The molecule has 1 aromatic heterocycles. The molecule has 0 fully saturated rings. The van der Waals surface area contributed by atoms with E-state index in [1.54, 1.807) is 0 Å². The molecule has 23 heavy (non-hydrogen) atoms. The topological polar surface area (TPSA) is 52.5 Å². The summed E-state index contributed by atoms with van der Waals surface area (Å²) in [6.45, 7) is 0. The fourth-order valence-electron chi connectivity index (χ4n) is 2.74. The molecule has 0 saturated heterocycles. The van der Waals surface area contributed by atoms with Gasteiger partial charge in [-0.25, -0.2) is 0 Å². The summed E-state index contributed by atoms with van der Waals surface area (Å²) in [7, 11) is 0. The number of hydrogen-bond acceptors (Lipinski definition) is 3. The van der Waals surface area contributed by atoms with Crippen LogP contribution in [-0.2, 0) is 43.5 Å². The number of allylic oxidation sites excluding steroid dienone is 1. The van der Waals surface area contributed by atoms with Gasteiger partial charge in [0.1, 0.15) is 0 Å². The van der Waals surface area contributed by atoms with Crippen molar-refractivity contribution in [3.05, 3.63) is 60.4 Å². The zero-order chi connectivity index (χ0) is 16.0. The SMILES string of the molecule is NC1=NO/C(=C/[C](=[W])n2c3ccccc3c3ccccc32)[C]1=[W]. The zero-order valence-corrected chi connectivity index (χ0v) is 17.8. The van der Waals surface area contributed by atoms with Crippen LogP contribution in [0.2, 0.25) is 0 Å². The second kappa shape index (κ2) is 5.78. The van der Waals surface area contributed by atoms with Gasteiger partial charge in [0.25, 0.3) is 0 Å². The van der Waals surface area contributed by atoms with E-state index in [1.807, 2.05) is 6.08 Å². The van der Waals surface area contributed by atoms with E-state index in [0.29, 0.717) is 5.84 Å². The predicted octanol–water partition coefficient (Wildman–Crippen LogP) is 2.22. The summed E-state index contributed by atoms with van der Waals surface area (Å²) in [6, 6.07) is 16.9. The van der Waals surface area contributed by atoms with Crippen molar-refractivity contribution in [3.8, 4) is 0 Å². The Labute approximate surface area is 154 Å². The van der Waals surface area contributed by atoms with E-state index in [4.69, 9.17) is 10.6 Å². The van der Waals surface area contributed by atoms with Gasteiger partial charge in [0.15, 0.2) is 0 Å². The van der Waals surface area contributed by atoms with Crippen LogP contribution in [0, 0.1) is 0 Å². The van der Waals surface area contributed by atoms with E-state index in [9.17, 15) is 0 Å². The van der Waals surface area contributed by atoms with E-state index < -0.39 is 0 Å². The number of rotatable bonds is 2. The molecule has 1 aliphatic rings. The van der Waals surface area contributed by atoms with E-state index >= 15 is 0 Å². The number of amidine groups is 1. The summed E-state index contributed by atoms with van der Waals surface area (Å²) in [6.07, 6.45) is 2.04. The quantitative estimate of drug-likeness (QED) is 0.468. The third-order valence-electron chi connectivity index (χ3n) is 3.75. The molecule has 0 bridgehead atoms. The van der Waals surface area contributed by atoms with Crippen molar-refractivity contribution in [2.75, 3.05) is 0 Å². The molecule has 3 aromatic rings. The molecule has 2 heterocycles. The number of fused-ring (bicyclic) bond motifs is 3. The summed E-state index contributed by atoms with van der Waals surface area (Å²) < 4.78 is 4.40. The Balaban J connectivity index is 1.93. The van der Waals surface area contributed by atoms with Gasteiger partial charge >= 0.3 is 155 Å². The van der Waals surface area contributed by atoms with E-state index in [-0.39, 0.29) is 0 Å². The van der Waals surface area contributed by atoms with Crippen molar-refractivity contribution >= 4 is 35.6 Å². The van der Waals surface area contributed by atoms with Crippen molar-refractivity contribution in [2.45, 2.75) is 0 Å². The van der Waals surface area contributed by atoms with Crippen LogP contribution in [0.15, 0.2) is 65.5 Å². The van der Waals surface area contributed by atoms with Gasteiger partial charge in [-0.1, -0.05) is 0 Å². The van der Waals surface area contributed by atoms with E-state index in [2.05, 4.69) is 58.3 Å². The average Bonchev–Trinajstić information content (AvgIpc) is 3.07. The minimum atomic E-state index is 0.483. The van der Waals surface area contributed by atoms with Gasteiger partial charge in [0, 0.05) is 0 Å². The third-order valence-corrected chi connectivity index (χ3v) is 6.31. The van der Waals surface area contributed by atoms with E-state index in [0.717, 1.165) is 13.7 Å². The van der Waals surface area contributed by atoms with Crippen LogP contribution in [0.1, 0.15) is 0 Å². The van der Waals surface area contributed by atoms with E-state index in [1.165, 1.54) is 60.5 Å². The fourth-order valence-corrected chi connectivity index (χ4v) is 4.31. The van der Waals surface area contributed by atoms with Gasteiger partial charge < -0.3 is 0 Å². The Hall–Kier alpha value is -1.63. The monoisotopic (exact) mass is 641 g/mol. The van der Waals surface area contributed by atoms with Crippen molar-refractivity contribution in [2.24, 2.45) is 10.9 Å². The third kappa shape index (κ3) is 2.41. The normalized spacial score (nSPS) is 16.1. The second-order valence-electron chi connectivity index (χ2n) is 5.11. The first-order chi connectivity index (χ1) is 11.2. The molecule has 0 unspecified atom stereocenters. The number of para-hydroxylation sites is 2. The van der Waals surface area contributed by atoms with Gasteiger partial charge in [-0.15, -0.1) is 0 Å². The number of aromatic nitrogens is 1. The van der Waals surface area contributed by atoms with Gasteiger partial charge in [-0.05, 0) is 0 Å². The number of nitrogens with zero attached hydrogens (tertiary/aromatic N) is 2. The van der Waals surface area contributed by atoms with Crippen molar-refractivity contribution in [1.29, 1.82) is 0 Å². The molecule has 6 heteroatoms. The molecule has 0 amide bonds. The minimum absolute atomic E-state index is 0.483. The Kier molecular flexibility index (Phi) is 3.75. The van der Waals surface area contributed by atoms with Crippen LogP contribution in [-0.4, -0.2) is 18.3 Å². The van der Waals surface area contributed by atoms with Crippen molar-refractivity contribution in [1.82, 2.24) is 4.57 Å². The van der Waals surface area contributed by atoms with Crippen LogP contribution in [0.25, 0.3) is 21.8 Å². The van der Waals surface area contributed by atoms with Gasteiger partial charge in [0.05, 0.1) is 0 Å². The molecule has 2 aromatic carbocycles. The zero-order valence-electron chi connectivity index (χ0n) is 11.9. The average molecular weight is 641 g/mol. The standard InChI is InChI=1S/C17H11N3O.2W/c18-17-11-12(21-19-17)9-10-20-15-7-3-1-5-13(15)14-6-2-4-8-16(14)20;;/h1-9H,(H2,18,19);;/b12-9+;;. The molecule has 0 saturated carbocycles.